The number of hydrogen-bond acceptors (Lipinski definition) is 4. The molecule has 0 radical (unpaired) electrons. The van der Waals surface area contributed by atoms with Crippen LogP contribution in [0.25, 0.3) is 0 Å². The smallest absolute Gasteiger partial charge is 0.271 e. The van der Waals surface area contributed by atoms with Crippen molar-refractivity contribution in [3.63, 3.8) is 0 Å². The second-order valence-electron chi connectivity index (χ2n) is 6.15. The molecule has 6 heteroatoms. The van der Waals surface area contributed by atoms with E-state index < -0.39 is 4.92 Å². The summed E-state index contributed by atoms with van der Waals surface area (Å²) in [6, 6.07) is 10.3. The van der Waals surface area contributed by atoms with E-state index in [9.17, 15) is 15.2 Å². The number of para-hydroxylation sites is 1. The molecule has 0 aliphatic rings. The van der Waals surface area contributed by atoms with Crippen molar-refractivity contribution in [2.24, 2.45) is 4.99 Å². The normalized spacial score (nSPS) is 11.8. The van der Waals surface area contributed by atoms with E-state index in [0.717, 1.165) is 11.3 Å². The van der Waals surface area contributed by atoms with E-state index in [-0.39, 0.29) is 26.9 Å². The van der Waals surface area contributed by atoms with Crippen LogP contribution in [0.1, 0.15) is 31.9 Å². The van der Waals surface area contributed by atoms with Gasteiger partial charge in [0.05, 0.1) is 15.1 Å². The molecule has 2 aromatic carbocycles. The second-order valence-corrected chi connectivity index (χ2v) is 7.00. The molecule has 0 spiro atoms. The van der Waals surface area contributed by atoms with Gasteiger partial charge in [0, 0.05) is 23.9 Å². The van der Waals surface area contributed by atoms with Gasteiger partial charge in [-0.3, -0.25) is 15.1 Å². The summed E-state index contributed by atoms with van der Waals surface area (Å²) in [5, 5.41) is 21.0. The van der Waals surface area contributed by atoms with Crippen molar-refractivity contribution >= 4 is 33.5 Å². The van der Waals surface area contributed by atoms with E-state index in [0.29, 0.717) is 0 Å². The van der Waals surface area contributed by atoms with Gasteiger partial charge < -0.3 is 5.11 Å². The summed E-state index contributed by atoms with van der Waals surface area (Å²) in [7, 11) is 0. The molecule has 0 aliphatic heterocycles. The SMILES string of the molecule is CC(C)(C)c1ccccc1N=Cc1cc([N+](=O)[O-])cc(Br)c1O. The number of hydrogen-bond donors (Lipinski definition) is 1. The molecule has 0 unspecified atom stereocenters. The standard InChI is InChI=1S/C17H17BrN2O3/c1-17(2,3)13-6-4-5-7-15(13)19-10-11-8-12(20(22)23)9-14(18)16(11)21/h4-10,21H,1-3H3. The highest BCUT2D eigenvalue weighted by molar-refractivity contribution is 9.10. The minimum atomic E-state index is -0.509. The van der Waals surface area contributed by atoms with Crippen LogP contribution in [-0.2, 0) is 5.41 Å². The highest BCUT2D eigenvalue weighted by Crippen LogP contribution is 2.34. The number of benzene rings is 2. The molecule has 0 aromatic heterocycles. The van der Waals surface area contributed by atoms with Crippen LogP contribution in [-0.4, -0.2) is 16.2 Å². The summed E-state index contributed by atoms with van der Waals surface area (Å²) in [5.41, 5.74) is 1.91. The maximum atomic E-state index is 10.9. The fraction of sp³-hybridized carbons (Fsp3) is 0.235. The van der Waals surface area contributed by atoms with E-state index >= 15 is 0 Å². The third kappa shape index (κ3) is 3.96. The van der Waals surface area contributed by atoms with Gasteiger partial charge in [0.1, 0.15) is 5.75 Å². The van der Waals surface area contributed by atoms with Gasteiger partial charge in [-0.25, -0.2) is 0 Å². The molecule has 0 fully saturated rings. The first-order valence-corrected chi connectivity index (χ1v) is 7.80. The number of phenols is 1. The van der Waals surface area contributed by atoms with Gasteiger partial charge in [-0.05, 0) is 33.0 Å². The third-order valence-electron chi connectivity index (χ3n) is 3.34. The molecular formula is C17H17BrN2O3. The molecule has 0 aliphatic carbocycles. The van der Waals surface area contributed by atoms with E-state index in [1.54, 1.807) is 0 Å². The summed E-state index contributed by atoms with van der Waals surface area (Å²) >= 11 is 3.12. The van der Waals surface area contributed by atoms with E-state index in [4.69, 9.17) is 0 Å². The summed E-state index contributed by atoms with van der Waals surface area (Å²) in [6.07, 6.45) is 1.44. The molecule has 0 heterocycles. The Kier molecular flexibility index (Phi) is 4.85. The molecule has 120 valence electrons. The topological polar surface area (TPSA) is 75.7 Å². The van der Waals surface area contributed by atoms with Gasteiger partial charge in [-0.1, -0.05) is 39.0 Å². The van der Waals surface area contributed by atoms with Crippen LogP contribution in [0, 0.1) is 10.1 Å². The highest BCUT2D eigenvalue weighted by atomic mass is 79.9. The zero-order valence-corrected chi connectivity index (χ0v) is 14.7. The van der Waals surface area contributed by atoms with Crippen molar-refractivity contribution in [1.29, 1.82) is 0 Å². The maximum Gasteiger partial charge on any atom is 0.271 e. The average Bonchev–Trinajstić information content (AvgIpc) is 2.47. The van der Waals surface area contributed by atoms with Crippen LogP contribution in [0.2, 0.25) is 0 Å². The van der Waals surface area contributed by atoms with Gasteiger partial charge in [0.25, 0.3) is 5.69 Å². The Bertz CT molecular complexity index is 780. The molecule has 2 rings (SSSR count). The lowest BCUT2D eigenvalue weighted by Crippen LogP contribution is -2.11. The Morgan fingerprint density at radius 3 is 2.52 bits per heavy atom. The number of phenolic OH excluding ortho intramolecular Hbond substituents is 1. The molecular weight excluding hydrogens is 360 g/mol. The average molecular weight is 377 g/mol. The summed E-state index contributed by atoms with van der Waals surface area (Å²) in [6.45, 7) is 6.26. The van der Waals surface area contributed by atoms with Gasteiger partial charge in [-0.15, -0.1) is 0 Å². The lowest BCUT2D eigenvalue weighted by Gasteiger charge is -2.20. The quantitative estimate of drug-likeness (QED) is 0.459. The Hall–Kier alpha value is -2.21. The van der Waals surface area contributed by atoms with Crippen molar-refractivity contribution in [3.8, 4) is 5.75 Å². The zero-order chi connectivity index (χ0) is 17.2. The first kappa shape index (κ1) is 17.1. The van der Waals surface area contributed by atoms with Crippen molar-refractivity contribution in [3.05, 3.63) is 62.1 Å². The monoisotopic (exact) mass is 376 g/mol. The molecule has 5 nitrogen and oxygen atoms in total. The molecule has 1 N–H and O–H groups in total. The lowest BCUT2D eigenvalue weighted by molar-refractivity contribution is -0.385. The fourth-order valence-electron chi connectivity index (χ4n) is 2.17. The predicted octanol–water partition coefficient (Wildman–Crippen LogP) is 5.11. The number of aliphatic imine (C=N–C) groups is 1. The minimum absolute atomic E-state index is 0.0763. The van der Waals surface area contributed by atoms with Gasteiger partial charge in [0.2, 0.25) is 0 Å². The van der Waals surface area contributed by atoms with Crippen LogP contribution >= 0.6 is 15.9 Å². The van der Waals surface area contributed by atoms with Crippen LogP contribution in [0.15, 0.2) is 45.9 Å². The number of nitro groups is 1. The molecule has 23 heavy (non-hydrogen) atoms. The number of non-ortho nitro benzene ring substituents is 1. The molecule has 0 amide bonds. The van der Waals surface area contributed by atoms with Crippen LogP contribution in [0.4, 0.5) is 11.4 Å². The number of nitrogens with zero attached hydrogens (tertiary/aromatic N) is 2. The molecule has 0 atom stereocenters. The highest BCUT2D eigenvalue weighted by Gasteiger charge is 2.17. The fourth-order valence-corrected chi connectivity index (χ4v) is 2.63. The largest absolute Gasteiger partial charge is 0.506 e. The lowest BCUT2D eigenvalue weighted by atomic mass is 9.86. The number of halogens is 1. The summed E-state index contributed by atoms with van der Waals surface area (Å²) < 4.78 is 0.261. The summed E-state index contributed by atoms with van der Waals surface area (Å²) in [4.78, 5) is 14.8. The van der Waals surface area contributed by atoms with Crippen molar-refractivity contribution < 1.29 is 10.0 Å². The number of rotatable bonds is 3. The molecule has 2 aromatic rings. The van der Waals surface area contributed by atoms with Crippen molar-refractivity contribution in [2.75, 3.05) is 0 Å². The van der Waals surface area contributed by atoms with Gasteiger partial charge in [0.15, 0.2) is 0 Å². The van der Waals surface area contributed by atoms with E-state index in [1.807, 2.05) is 24.3 Å². The zero-order valence-electron chi connectivity index (χ0n) is 13.1. The molecule has 0 bridgehead atoms. The number of nitro benzene ring substituents is 1. The number of aromatic hydroxyl groups is 1. The molecule has 0 saturated carbocycles. The van der Waals surface area contributed by atoms with Crippen LogP contribution in [0.5, 0.6) is 5.75 Å². The summed E-state index contributed by atoms with van der Waals surface area (Å²) in [5.74, 6) is -0.0763. The Labute approximate surface area is 143 Å². The second kappa shape index (κ2) is 6.50. The van der Waals surface area contributed by atoms with Crippen LogP contribution < -0.4 is 0 Å². The Morgan fingerprint density at radius 2 is 1.91 bits per heavy atom. The van der Waals surface area contributed by atoms with E-state index in [1.165, 1.54) is 18.3 Å². The molecule has 0 saturated heterocycles. The van der Waals surface area contributed by atoms with Crippen molar-refractivity contribution in [1.82, 2.24) is 0 Å². The third-order valence-corrected chi connectivity index (χ3v) is 3.95. The Balaban J connectivity index is 2.48. The first-order valence-electron chi connectivity index (χ1n) is 7.00. The van der Waals surface area contributed by atoms with Crippen LogP contribution in [0.3, 0.4) is 0 Å². The van der Waals surface area contributed by atoms with Crippen molar-refractivity contribution in [2.45, 2.75) is 26.2 Å². The van der Waals surface area contributed by atoms with E-state index in [2.05, 4.69) is 41.7 Å². The Morgan fingerprint density at radius 1 is 1.26 bits per heavy atom. The van der Waals surface area contributed by atoms with Gasteiger partial charge >= 0.3 is 0 Å². The first-order chi connectivity index (χ1) is 10.7. The van der Waals surface area contributed by atoms with Gasteiger partial charge in [-0.2, -0.15) is 0 Å². The predicted molar refractivity (Wildman–Crippen MR) is 94.9 cm³/mol. The maximum absolute atomic E-state index is 10.9. The minimum Gasteiger partial charge on any atom is -0.506 e.